The first-order valence-corrected chi connectivity index (χ1v) is 7.03. The number of aliphatic carboxylic acids is 1. The van der Waals surface area contributed by atoms with Crippen molar-refractivity contribution in [1.29, 1.82) is 0 Å². The van der Waals surface area contributed by atoms with Crippen molar-refractivity contribution in [2.45, 2.75) is 12.5 Å². The van der Waals surface area contributed by atoms with Crippen LogP contribution < -0.4 is 5.32 Å². The number of nitrogens with one attached hydrogen (secondary N) is 1. The molecular weight excluding hydrogens is 296 g/mol. The third-order valence-electron chi connectivity index (χ3n) is 2.72. The summed E-state index contributed by atoms with van der Waals surface area (Å²) in [5, 5.41) is 17.0. The number of carboxylic acid groups (broad SMARTS) is 1. The van der Waals surface area contributed by atoms with Gasteiger partial charge < -0.3 is 19.7 Å². The van der Waals surface area contributed by atoms with Gasteiger partial charge in [-0.3, -0.25) is 4.79 Å². The van der Waals surface area contributed by atoms with Crippen molar-refractivity contribution in [1.82, 2.24) is 10.5 Å². The number of rotatable bonds is 7. The Balaban J connectivity index is 2.04. The van der Waals surface area contributed by atoms with Crippen LogP contribution >= 0.6 is 11.3 Å². The van der Waals surface area contributed by atoms with Crippen molar-refractivity contribution < 1.29 is 24.0 Å². The largest absolute Gasteiger partial charge is 0.480 e. The summed E-state index contributed by atoms with van der Waals surface area (Å²) >= 11 is 1.45. The average Bonchev–Trinajstić information content (AvgIpc) is 3.12. The Morgan fingerprint density at radius 3 is 3.00 bits per heavy atom. The molecule has 8 heteroatoms. The highest BCUT2D eigenvalue weighted by molar-refractivity contribution is 7.13. The predicted molar refractivity (Wildman–Crippen MR) is 75.2 cm³/mol. The number of carbonyl (C=O) groups excluding carboxylic acids is 1. The van der Waals surface area contributed by atoms with Crippen LogP contribution in [0.2, 0.25) is 0 Å². The van der Waals surface area contributed by atoms with Crippen molar-refractivity contribution in [3.63, 3.8) is 0 Å². The van der Waals surface area contributed by atoms with Gasteiger partial charge in [0.05, 0.1) is 4.88 Å². The fraction of sp³-hybridized carbons (Fsp3) is 0.308. The van der Waals surface area contributed by atoms with Gasteiger partial charge in [-0.05, 0) is 11.4 Å². The molecule has 21 heavy (non-hydrogen) atoms. The molecule has 2 aromatic rings. The molecule has 0 saturated carbocycles. The lowest BCUT2D eigenvalue weighted by atomic mass is 10.2. The number of hydrogen-bond acceptors (Lipinski definition) is 6. The van der Waals surface area contributed by atoms with E-state index in [0.717, 1.165) is 4.88 Å². The molecule has 1 unspecified atom stereocenters. The molecule has 0 fully saturated rings. The molecule has 1 amide bonds. The van der Waals surface area contributed by atoms with E-state index >= 15 is 0 Å². The Labute approximate surface area is 124 Å². The van der Waals surface area contributed by atoms with Crippen LogP contribution in [-0.2, 0) is 9.53 Å². The number of thiophene rings is 1. The molecule has 2 N–H and O–H groups in total. The summed E-state index contributed by atoms with van der Waals surface area (Å²) in [5.41, 5.74) is 0.0436. The molecule has 0 saturated heterocycles. The van der Waals surface area contributed by atoms with Crippen LogP contribution in [-0.4, -0.2) is 41.9 Å². The van der Waals surface area contributed by atoms with Gasteiger partial charge in [-0.2, -0.15) is 0 Å². The molecule has 1 atom stereocenters. The molecular formula is C13H14N2O5S. The summed E-state index contributed by atoms with van der Waals surface area (Å²) in [4.78, 5) is 23.9. The molecule has 0 radical (unpaired) electrons. The normalized spacial score (nSPS) is 12.0. The van der Waals surface area contributed by atoms with E-state index in [1.54, 1.807) is 0 Å². The van der Waals surface area contributed by atoms with E-state index in [-0.39, 0.29) is 18.7 Å². The zero-order valence-corrected chi connectivity index (χ0v) is 12.1. The lowest BCUT2D eigenvalue weighted by Gasteiger charge is -2.12. The number of amides is 1. The SMILES string of the molecule is COCCC(NC(=O)c1cc(-c2cccs2)on1)C(=O)O. The van der Waals surface area contributed by atoms with Crippen molar-refractivity contribution in [2.24, 2.45) is 0 Å². The number of hydrogen-bond donors (Lipinski definition) is 2. The molecule has 112 valence electrons. The van der Waals surface area contributed by atoms with Gasteiger partial charge in [0.15, 0.2) is 11.5 Å². The summed E-state index contributed by atoms with van der Waals surface area (Å²) in [6.07, 6.45) is 0.174. The average molecular weight is 310 g/mol. The fourth-order valence-corrected chi connectivity index (χ4v) is 2.32. The van der Waals surface area contributed by atoms with Crippen molar-refractivity contribution >= 4 is 23.2 Å². The maximum Gasteiger partial charge on any atom is 0.326 e. The highest BCUT2D eigenvalue weighted by Gasteiger charge is 2.22. The zero-order chi connectivity index (χ0) is 15.2. The molecule has 0 spiro atoms. The van der Waals surface area contributed by atoms with Gasteiger partial charge in [0, 0.05) is 26.2 Å². The van der Waals surface area contributed by atoms with Crippen LogP contribution in [0.3, 0.4) is 0 Å². The van der Waals surface area contributed by atoms with Crippen LogP contribution in [0.15, 0.2) is 28.1 Å². The maximum atomic E-state index is 12.0. The van der Waals surface area contributed by atoms with Crippen LogP contribution in [0.1, 0.15) is 16.9 Å². The minimum absolute atomic E-state index is 0.0436. The van der Waals surface area contributed by atoms with Gasteiger partial charge in [0.2, 0.25) is 0 Å². The Bertz CT molecular complexity index is 608. The summed E-state index contributed by atoms with van der Waals surface area (Å²) < 4.78 is 9.90. The quantitative estimate of drug-likeness (QED) is 0.806. The highest BCUT2D eigenvalue weighted by Crippen LogP contribution is 2.25. The molecule has 7 nitrogen and oxygen atoms in total. The molecule has 0 bridgehead atoms. The number of aromatic nitrogens is 1. The van der Waals surface area contributed by atoms with E-state index in [1.807, 2.05) is 17.5 Å². The van der Waals surface area contributed by atoms with E-state index in [0.29, 0.717) is 5.76 Å². The second-order valence-electron chi connectivity index (χ2n) is 4.20. The van der Waals surface area contributed by atoms with Gasteiger partial charge in [0.25, 0.3) is 5.91 Å². The Kier molecular flexibility index (Phi) is 5.07. The lowest BCUT2D eigenvalue weighted by molar-refractivity contribution is -0.139. The van der Waals surface area contributed by atoms with Gasteiger partial charge in [0.1, 0.15) is 6.04 Å². The monoisotopic (exact) mass is 310 g/mol. The van der Waals surface area contributed by atoms with Crippen LogP contribution in [0.5, 0.6) is 0 Å². The van der Waals surface area contributed by atoms with Crippen molar-refractivity contribution in [2.75, 3.05) is 13.7 Å². The van der Waals surface area contributed by atoms with Crippen molar-refractivity contribution in [3.8, 4) is 10.6 Å². The second kappa shape index (κ2) is 7.00. The van der Waals surface area contributed by atoms with Crippen molar-refractivity contribution in [3.05, 3.63) is 29.3 Å². The van der Waals surface area contributed by atoms with Gasteiger partial charge >= 0.3 is 5.97 Å². The van der Waals surface area contributed by atoms with E-state index in [4.69, 9.17) is 14.4 Å². The number of ether oxygens (including phenoxy) is 1. The molecule has 2 rings (SSSR count). The number of carboxylic acids is 1. The molecule has 2 heterocycles. The summed E-state index contributed by atoms with van der Waals surface area (Å²) in [5.74, 6) is -1.24. The first-order valence-electron chi connectivity index (χ1n) is 6.15. The zero-order valence-electron chi connectivity index (χ0n) is 11.2. The smallest absolute Gasteiger partial charge is 0.326 e. The molecule has 0 aromatic carbocycles. The number of nitrogens with zero attached hydrogens (tertiary/aromatic N) is 1. The maximum absolute atomic E-state index is 12.0. The summed E-state index contributed by atoms with van der Waals surface area (Å²) in [7, 11) is 1.46. The number of methoxy groups -OCH3 is 1. The Hall–Kier alpha value is -2.19. The third kappa shape index (κ3) is 3.89. The topological polar surface area (TPSA) is 102 Å². The first kappa shape index (κ1) is 15.2. The molecule has 0 aliphatic rings. The van der Waals surface area contributed by atoms with Crippen LogP contribution in [0, 0.1) is 0 Å². The van der Waals surface area contributed by atoms with E-state index in [9.17, 15) is 9.59 Å². The third-order valence-corrected chi connectivity index (χ3v) is 3.61. The second-order valence-corrected chi connectivity index (χ2v) is 5.15. The minimum atomic E-state index is -1.12. The highest BCUT2D eigenvalue weighted by atomic mass is 32.1. The standard InChI is InChI=1S/C13H14N2O5S/c1-19-5-4-8(13(17)18)14-12(16)9-7-10(20-15-9)11-3-2-6-21-11/h2-3,6-8H,4-5H2,1H3,(H,14,16)(H,17,18). The van der Waals surface area contributed by atoms with E-state index in [2.05, 4.69) is 10.5 Å². The minimum Gasteiger partial charge on any atom is -0.480 e. The van der Waals surface area contributed by atoms with Gasteiger partial charge in [-0.25, -0.2) is 4.79 Å². The number of carbonyl (C=O) groups is 2. The predicted octanol–water partition coefficient (Wildman–Crippen LogP) is 1.62. The Morgan fingerprint density at radius 2 is 2.38 bits per heavy atom. The first-order chi connectivity index (χ1) is 10.1. The molecule has 0 aliphatic heterocycles. The van der Waals surface area contributed by atoms with Crippen LogP contribution in [0.4, 0.5) is 0 Å². The fourth-order valence-electron chi connectivity index (χ4n) is 1.64. The summed E-state index contributed by atoms with van der Waals surface area (Å²) in [6, 6.07) is 4.15. The van der Waals surface area contributed by atoms with Gasteiger partial charge in [-0.15, -0.1) is 11.3 Å². The van der Waals surface area contributed by atoms with E-state index in [1.165, 1.54) is 24.5 Å². The molecule has 0 aliphatic carbocycles. The summed E-state index contributed by atoms with van der Waals surface area (Å²) in [6.45, 7) is 0.233. The Morgan fingerprint density at radius 1 is 1.57 bits per heavy atom. The lowest BCUT2D eigenvalue weighted by Crippen LogP contribution is -2.41. The van der Waals surface area contributed by atoms with Gasteiger partial charge in [-0.1, -0.05) is 11.2 Å². The molecule has 2 aromatic heterocycles. The van der Waals surface area contributed by atoms with E-state index < -0.39 is 17.9 Å². The van der Waals surface area contributed by atoms with Crippen LogP contribution in [0.25, 0.3) is 10.6 Å².